The number of benzene rings is 1. The van der Waals surface area contributed by atoms with Crippen LogP contribution in [0.3, 0.4) is 0 Å². The van der Waals surface area contributed by atoms with Gasteiger partial charge in [0.05, 0.1) is 6.10 Å². The molecule has 0 radical (unpaired) electrons. The Morgan fingerprint density at radius 2 is 1.75 bits per heavy atom. The van der Waals surface area contributed by atoms with Crippen molar-refractivity contribution in [1.82, 2.24) is 0 Å². The molecule has 0 saturated carbocycles. The molecule has 0 saturated heterocycles. The maximum absolute atomic E-state index is 12.9. The number of aliphatic hydroxyl groups excluding tert-OH is 1. The molecule has 3 heteroatoms. The van der Waals surface area contributed by atoms with Crippen molar-refractivity contribution in [3.05, 3.63) is 35.4 Å². The van der Waals surface area contributed by atoms with Gasteiger partial charge in [0, 0.05) is 6.07 Å². The summed E-state index contributed by atoms with van der Waals surface area (Å²) in [6.07, 6.45) is 3.63. The molecule has 1 N–H and O–H groups in total. The van der Waals surface area contributed by atoms with Gasteiger partial charge in [-0.05, 0) is 30.5 Å². The molecule has 0 heterocycles. The number of unbranched alkanes of at least 4 members (excludes halogenated alkanes) is 2. The molecule has 1 aromatic rings. The first kappa shape index (κ1) is 13.1. The number of rotatable bonds is 6. The lowest BCUT2D eigenvalue weighted by Gasteiger charge is -2.10. The van der Waals surface area contributed by atoms with E-state index in [4.69, 9.17) is 0 Å². The zero-order valence-electron chi connectivity index (χ0n) is 9.55. The first-order valence-electron chi connectivity index (χ1n) is 5.75. The Morgan fingerprint density at radius 1 is 1.12 bits per heavy atom. The van der Waals surface area contributed by atoms with Gasteiger partial charge in [0.25, 0.3) is 0 Å². The predicted octanol–water partition coefficient (Wildman–Crippen LogP) is 3.45. The lowest BCUT2D eigenvalue weighted by molar-refractivity contribution is 0.161. The maximum atomic E-state index is 12.9. The van der Waals surface area contributed by atoms with E-state index in [2.05, 4.69) is 6.92 Å². The Hall–Kier alpha value is -0.960. The van der Waals surface area contributed by atoms with E-state index in [-0.39, 0.29) is 0 Å². The van der Waals surface area contributed by atoms with Gasteiger partial charge in [-0.25, -0.2) is 8.78 Å². The summed E-state index contributed by atoms with van der Waals surface area (Å²) in [6, 6.07) is 3.38. The molecule has 0 aliphatic carbocycles. The van der Waals surface area contributed by atoms with Crippen LogP contribution in [0.15, 0.2) is 18.2 Å². The second-order valence-electron chi connectivity index (χ2n) is 4.13. The van der Waals surface area contributed by atoms with Gasteiger partial charge in [-0.2, -0.15) is 0 Å². The summed E-state index contributed by atoms with van der Waals surface area (Å²) < 4.78 is 25.7. The molecule has 0 aliphatic heterocycles. The summed E-state index contributed by atoms with van der Waals surface area (Å²) in [4.78, 5) is 0. The van der Waals surface area contributed by atoms with Gasteiger partial charge in [-0.15, -0.1) is 0 Å². The van der Waals surface area contributed by atoms with Gasteiger partial charge in [0.2, 0.25) is 0 Å². The summed E-state index contributed by atoms with van der Waals surface area (Å²) >= 11 is 0. The van der Waals surface area contributed by atoms with Crippen LogP contribution in [0.25, 0.3) is 0 Å². The van der Waals surface area contributed by atoms with E-state index in [0.29, 0.717) is 18.4 Å². The number of hydrogen-bond donors (Lipinski definition) is 1. The molecule has 0 aliphatic rings. The highest BCUT2D eigenvalue weighted by Gasteiger charge is 2.07. The van der Waals surface area contributed by atoms with Gasteiger partial charge in [-0.3, -0.25) is 0 Å². The van der Waals surface area contributed by atoms with Gasteiger partial charge in [-0.1, -0.05) is 26.2 Å². The zero-order valence-corrected chi connectivity index (χ0v) is 9.55. The van der Waals surface area contributed by atoms with E-state index in [9.17, 15) is 13.9 Å². The minimum absolute atomic E-state index is 0.318. The molecule has 16 heavy (non-hydrogen) atoms. The highest BCUT2D eigenvalue weighted by molar-refractivity contribution is 5.18. The molecular weight excluding hydrogens is 210 g/mol. The standard InChI is InChI=1S/C13H18F2O/c1-2-3-4-5-13(16)8-10-6-11(14)9-12(15)7-10/h6-7,9,13,16H,2-5,8H2,1H3. The van der Waals surface area contributed by atoms with Crippen LogP contribution in [0.4, 0.5) is 8.78 Å². The summed E-state index contributed by atoms with van der Waals surface area (Å²) in [5.41, 5.74) is 0.515. The average Bonchev–Trinajstić information content (AvgIpc) is 2.16. The molecule has 1 rings (SSSR count). The molecular formula is C13H18F2O. The minimum atomic E-state index is -0.587. The Balaban J connectivity index is 2.45. The van der Waals surface area contributed by atoms with E-state index in [1.54, 1.807) is 0 Å². The van der Waals surface area contributed by atoms with Crippen LogP contribution in [0.5, 0.6) is 0 Å². The van der Waals surface area contributed by atoms with E-state index in [1.165, 1.54) is 12.1 Å². The van der Waals surface area contributed by atoms with Crippen LogP contribution < -0.4 is 0 Å². The number of hydrogen-bond acceptors (Lipinski definition) is 1. The number of aliphatic hydroxyl groups is 1. The molecule has 0 amide bonds. The molecule has 0 aromatic heterocycles. The molecule has 90 valence electrons. The second-order valence-corrected chi connectivity index (χ2v) is 4.13. The number of halogens is 2. The zero-order chi connectivity index (χ0) is 12.0. The lowest BCUT2D eigenvalue weighted by atomic mass is 10.0. The van der Waals surface area contributed by atoms with Crippen molar-refractivity contribution in [2.45, 2.75) is 45.1 Å². The summed E-state index contributed by atoms with van der Waals surface area (Å²) in [5, 5.41) is 9.67. The van der Waals surface area contributed by atoms with Crippen LogP contribution in [0.2, 0.25) is 0 Å². The fourth-order valence-electron chi connectivity index (χ4n) is 1.73. The highest BCUT2D eigenvalue weighted by Crippen LogP contribution is 2.13. The molecule has 1 atom stereocenters. The summed E-state index contributed by atoms with van der Waals surface area (Å²) in [5.74, 6) is -1.17. The molecule has 1 nitrogen and oxygen atoms in total. The van der Waals surface area contributed by atoms with E-state index in [0.717, 1.165) is 25.3 Å². The molecule has 1 unspecified atom stereocenters. The van der Waals surface area contributed by atoms with E-state index < -0.39 is 17.7 Å². The van der Waals surface area contributed by atoms with Gasteiger partial charge in [0.15, 0.2) is 0 Å². The minimum Gasteiger partial charge on any atom is -0.393 e. The van der Waals surface area contributed by atoms with Crippen molar-refractivity contribution in [1.29, 1.82) is 0 Å². The lowest BCUT2D eigenvalue weighted by Crippen LogP contribution is -2.10. The third kappa shape index (κ3) is 4.71. The Labute approximate surface area is 95.1 Å². The van der Waals surface area contributed by atoms with Crippen molar-refractivity contribution in [3.63, 3.8) is 0 Å². The van der Waals surface area contributed by atoms with Crippen LogP contribution in [-0.2, 0) is 6.42 Å². The molecule has 0 spiro atoms. The largest absolute Gasteiger partial charge is 0.393 e. The molecule has 0 bridgehead atoms. The average molecular weight is 228 g/mol. The first-order chi connectivity index (χ1) is 7.61. The Kier molecular flexibility index (Phi) is 5.39. The van der Waals surface area contributed by atoms with Crippen LogP contribution in [0, 0.1) is 11.6 Å². The maximum Gasteiger partial charge on any atom is 0.126 e. The summed E-state index contributed by atoms with van der Waals surface area (Å²) in [6.45, 7) is 2.09. The van der Waals surface area contributed by atoms with Crippen molar-refractivity contribution < 1.29 is 13.9 Å². The predicted molar refractivity (Wildman–Crippen MR) is 60.2 cm³/mol. The smallest absolute Gasteiger partial charge is 0.126 e. The van der Waals surface area contributed by atoms with Gasteiger partial charge >= 0.3 is 0 Å². The van der Waals surface area contributed by atoms with Crippen molar-refractivity contribution in [2.24, 2.45) is 0 Å². The van der Waals surface area contributed by atoms with Crippen LogP contribution >= 0.6 is 0 Å². The fourth-order valence-corrected chi connectivity index (χ4v) is 1.73. The van der Waals surface area contributed by atoms with Crippen LogP contribution in [-0.4, -0.2) is 11.2 Å². The van der Waals surface area contributed by atoms with Gasteiger partial charge in [0.1, 0.15) is 11.6 Å². The molecule has 0 fully saturated rings. The third-order valence-electron chi connectivity index (χ3n) is 2.53. The van der Waals surface area contributed by atoms with Crippen molar-refractivity contribution in [3.8, 4) is 0 Å². The Bertz CT molecular complexity index is 305. The second kappa shape index (κ2) is 6.59. The third-order valence-corrected chi connectivity index (χ3v) is 2.53. The van der Waals surface area contributed by atoms with Crippen molar-refractivity contribution in [2.75, 3.05) is 0 Å². The molecule has 1 aromatic carbocycles. The Morgan fingerprint density at radius 3 is 2.31 bits per heavy atom. The monoisotopic (exact) mass is 228 g/mol. The topological polar surface area (TPSA) is 20.2 Å². The normalized spacial score (nSPS) is 12.8. The van der Waals surface area contributed by atoms with Crippen molar-refractivity contribution >= 4 is 0 Å². The first-order valence-corrected chi connectivity index (χ1v) is 5.75. The van der Waals surface area contributed by atoms with E-state index in [1.807, 2.05) is 0 Å². The van der Waals surface area contributed by atoms with Gasteiger partial charge < -0.3 is 5.11 Å². The SMILES string of the molecule is CCCCCC(O)Cc1cc(F)cc(F)c1. The van der Waals surface area contributed by atoms with Crippen LogP contribution in [0.1, 0.15) is 38.2 Å². The quantitative estimate of drug-likeness (QED) is 0.739. The highest BCUT2D eigenvalue weighted by atomic mass is 19.1. The van der Waals surface area contributed by atoms with E-state index >= 15 is 0 Å². The summed E-state index contributed by atoms with van der Waals surface area (Å²) in [7, 11) is 0. The fraction of sp³-hybridized carbons (Fsp3) is 0.538.